The second-order valence-corrected chi connectivity index (χ2v) is 9.15. The molecule has 34 heavy (non-hydrogen) atoms. The van der Waals surface area contributed by atoms with Crippen LogP contribution in [0, 0.1) is 0 Å². The van der Waals surface area contributed by atoms with E-state index < -0.39 is 0 Å². The van der Waals surface area contributed by atoms with Crippen LogP contribution in [0.3, 0.4) is 0 Å². The molecular formula is C23H28N8O2S. The van der Waals surface area contributed by atoms with Crippen LogP contribution in [0.1, 0.15) is 6.92 Å². The zero-order chi connectivity index (χ0) is 23.5. The number of thiazole rings is 1. The predicted octanol–water partition coefficient (Wildman–Crippen LogP) is 3.18. The van der Waals surface area contributed by atoms with Gasteiger partial charge in [-0.3, -0.25) is 4.57 Å². The number of aromatic nitrogens is 5. The fourth-order valence-electron chi connectivity index (χ4n) is 3.73. The summed E-state index contributed by atoms with van der Waals surface area (Å²) in [7, 11) is 4.06. The van der Waals surface area contributed by atoms with E-state index in [2.05, 4.69) is 32.0 Å². The summed E-state index contributed by atoms with van der Waals surface area (Å²) in [6, 6.07) is 7.86. The zero-order valence-corrected chi connectivity index (χ0v) is 20.3. The molecule has 1 aliphatic rings. The fourth-order valence-corrected chi connectivity index (χ4v) is 4.25. The van der Waals surface area contributed by atoms with Gasteiger partial charge in [-0.25, -0.2) is 9.97 Å². The van der Waals surface area contributed by atoms with Crippen LogP contribution in [0.5, 0.6) is 5.75 Å². The molecule has 3 aromatic heterocycles. The summed E-state index contributed by atoms with van der Waals surface area (Å²) in [5, 5.41) is 5.41. The minimum atomic E-state index is 0.118. The Morgan fingerprint density at radius 1 is 1.21 bits per heavy atom. The van der Waals surface area contributed by atoms with E-state index in [1.807, 2.05) is 48.3 Å². The molecule has 10 nitrogen and oxygen atoms in total. The fraction of sp³-hybridized carbons (Fsp3) is 0.391. The summed E-state index contributed by atoms with van der Waals surface area (Å²) < 4.78 is 13.4. The summed E-state index contributed by atoms with van der Waals surface area (Å²) >= 11 is 1.53. The van der Waals surface area contributed by atoms with E-state index in [1.165, 1.54) is 11.3 Å². The SMILES string of the molecule is CC1CN(c2nc(Nc3ccc(OCCN(C)C)cc3)c3ncn(-c4cscn4)c3n2)CCO1. The Kier molecular flexibility index (Phi) is 6.57. The van der Waals surface area contributed by atoms with Crippen molar-refractivity contribution in [1.82, 2.24) is 29.4 Å². The normalized spacial score (nSPS) is 16.4. The number of ether oxygens (including phenoxy) is 2. The minimum Gasteiger partial charge on any atom is -0.492 e. The van der Waals surface area contributed by atoms with Gasteiger partial charge in [0.1, 0.15) is 18.7 Å². The Balaban J connectivity index is 1.46. The first kappa shape index (κ1) is 22.5. The van der Waals surface area contributed by atoms with Crippen molar-refractivity contribution in [1.29, 1.82) is 0 Å². The standard InChI is InChI=1S/C23H28N8O2S/c1-16-12-30(9-11-32-16)23-27-21(20-22(28-23)31(14-24-20)19-13-34-15-25-19)26-17-4-6-18(7-5-17)33-10-8-29(2)3/h4-7,13-16H,8-12H2,1-3H3,(H,26,27,28). The van der Waals surface area contributed by atoms with E-state index in [4.69, 9.17) is 19.4 Å². The average Bonchev–Trinajstić information content (AvgIpc) is 3.50. The van der Waals surface area contributed by atoms with E-state index in [-0.39, 0.29) is 6.10 Å². The van der Waals surface area contributed by atoms with Crippen molar-refractivity contribution in [3.63, 3.8) is 0 Å². The van der Waals surface area contributed by atoms with Crippen molar-refractivity contribution >= 4 is 40.0 Å². The first-order valence-electron chi connectivity index (χ1n) is 11.2. The third-order valence-corrected chi connectivity index (χ3v) is 6.07. The molecule has 178 valence electrons. The molecular weight excluding hydrogens is 452 g/mol. The molecule has 0 spiro atoms. The van der Waals surface area contributed by atoms with Crippen molar-refractivity contribution in [3.05, 3.63) is 41.5 Å². The molecule has 0 aliphatic carbocycles. The van der Waals surface area contributed by atoms with Gasteiger partial charge < -0.3 is 24.6 Å². The van der Waals surface area contributed by atoms with Gasteiger partial charge in [0, 0.05) is 30.7 Å². The zero-order valence-electron chi connectivity index (χ0n) is 19.5. The number of imidazole rings is 1. The summed E-state index contributed by atoms with van der Waals surface area (Å²) in [6.07, 6.45) is 1.86. The second-order valence-electron chi connectivity index (χ2n) is 8.43. The van der Waals surface area contributed by atoms with Gasteiger partial charge in [-0.1, -0.05) is 0 Å². The molecule has 0 saturated carbocycles. The van der Waals surface area contributed by atoms with Gasteiger partial charge >= 0.3 is 0 Å². The number of benzene rings is 1. The highest BCUT2D eigenvalue weighted by Crippen LogP contribution is 2.28. The Morgan fingerprint density at radius 2 is 2.06 bits per heavy atom. The van der Waals surface area contributed by atoms with Crippen molar-refractivity contribution in [3.8, 4) is 11.6 Å². The predicted molar refractivity (Wildman–Crippen MR) is 134 cm³/mol. The summed E-state index contributed by atoms with van der Waals surface area (Å²) in [5.74, 6) is 2.91. The molecule has 4 heterocycles. The highest BCUT2D eigenvalue weighted by atomic mass is 32.1. The van der Waals surface area contributed by atoms with Gasteiger partial charge in [-0.2, -0.15) is 9.97 Å². The lowest BCUT2D eigenvalue weighted by atomic mass is 10.3. The maximum atomic E-state index is 5.81. The summed E-state index contributed by atoms with van der Waals surface area (Å²) in [5.41, 5.74) is 4.09. The monoisotopic (exact) mass is 480 g/mol. The number of rotatable bonds is 8. The minimum absolute atomic E-state index is 0.118. The lowest BCUT2D eigenvalue weighted by molar-refractivity contribution is 0.0526. The largest absolute Gasteiger partial charge is 0.492 e. The topological polar surface area (TPSA) is 93.5 Å². The quantitative estimate of drug-likeness (QED) is 0.408. The molecule has 1 N–H and O–H groups in total. The number of hydrogen-bond acceptors (Lipinski definition) is 10. The Labute approximate surface area is 202 Å². The molecule has 11 heteroatoms. The second kappa shape index (κ2) is 9.92. The molecule has 5 rings (SSSR count). The number of nitrogens with zero attached hydrogens (tertiary/aromatic N) is 7. The van der Waals surface area contributed by atoms with Crippen LogP contribution in [0.15, 0.2) is 41.5 Å². The maximum Gasteiger partial charge on any atom is 0.229 e. The van der Waals surface area contributed by atoms with Crippen LogP contribution >= 0.6 is 11.3 Å². The smallest absolute Gasteiger partial charge is 0.229 e. The van der Waals surface area contributed by atoms with Crippen LogP contribution in [0.25, 0.3) is 17.0 Å². The van der Waals surface area contributed by atoms with Crippen LogP contribution in [0.2, 0.25) is 0 Å². The van der Waals surface area contributed by atoms with Gasteiger partial charge in [0.15, 0.2) is 22.8 Å². The van der Waals surface area contributed by atoms with Crippen LogP contribution in [-0.4, -0.2) is 82.5 Å². The first-order valence-corrected chi connectivity index (χ1v) is 12.2. The number of morpholine rings is 1. The summed E-state index contributed by atoms with van der Waals surface area (Å²) in [4.78, 5) is 23.0. The number of nitrogens with one attached hydrogen (secondary N) is 1. The summed E-state index contributed by atoms with van der Waals surface area (Å²) in [6.45, 7) is 5.68. The molecule has 1 atom stereocenters. The molecule has 1 saturated heterocycles. The molecule has 0 bridgehead atoms. The number of likely N-dealkylation sites (N-methyl/N-ethyl adjacent to an activating group) is 1. The van der Waals surface area contributed by atoms with Crippen LogP contribution in [0.4, 0.5) is 17.5 Å². The number of fused-ring (bicyclic) bond motifs is 1. The van der Waals surface area contributed by atoms with Crippen molar-refractivity contribution in [2.24, 2.45) is 0 Å². The van der Waals surface area contributed by atoms with Crippen molar-refractivity contribution in [2.75, 3.05) is 57.2 Å². The lowest BCUT2D eigenvalue weighted by Crippen LogP contribution is -2.42. The third-order valence-electron chi connectivity index (χ3n) is 5.50. The van der Waals surface area contributed by atoms with E-state index in [9.17, 15) is 0 Å². The van der Waals surface area contributed by atoms with Crippen molar-refractivity contribution in [2.45, 2.75) is 13.0 Å². The number of hydrogen-bond donors (Lipinski definition) is 1. The molecule has 1 aromatic carbocycles. The van der Waals surface area contributed by atoms with E-state index >= 15 is 0 Å². The molecule has 0 radical (unpaired) electrons. The van der Waals surface area contributed by atoms with E-state index in [0.29, 0.717) is 36.1 Å². The number of anilines is 3. The van der Waals surface area contributed by atoms with Gasteiger partial charge in [0.05, 0.1) is 18.2 Å². The molecule has 4 aromatic rings. The molecule has 1 unspecified atom stereocenters. The van der Waals surface area contributed by atoms with Gasteiger partial charge in [-0.15, -0.1) is 11.3 Å². The van der Waals surface area contributed by atoms with Gasteiger partial charge in [0.2, 0.25) is 5.95 Å². The van der Waals surface area contributed by atoms with Crippen LogP contribution in [-0.2, 0) is 4.74 Å². The Bertz CT molecular complexity index is 1230. The van der Waals surface area contributed by atoms with Gasteiger partial charge in [-0.05, 0) is 45.3 Å². The highest BCUT2D eigenvalue weighted by Gasteiger charge is 2.23. The lowest BCUT2D eigenvalue weighted by Gasteiger charge is -2.31. The highest BCUT2D eigenvalue weighted by molar-refractivity contribution is 7.07. The first-order chi connectivity index (χ1) is 16.6. The van der Waals surface area contributed by atoms with Crippen molar-refractivity contribution < 1.29 is 9.47 Å². The van der Waals surface area contributed by atoms with E-state index in [0.717, 1.165) is 36.9 Å². The Morgan fingerprint density at radius 3 is 2.79 bits per heavy atom. The van der Waals surface area contributed by atoms with Crippen LogP contribution < -0.4 is 15.0 Å². The molecule has 1 aliphatic heterocycles. The maximum absolute atomic E-state index is 5.81. The molecule has 0 amide bonds. The molecule has 1 fully saturated rings. The average molecular weight is 481 g/mol. The third kappa shape index (κ3) is 4.96. The van der Waals surface area contributed by atoms with Gasteiger partial charge in [0.25, 0.3) is 0 Å². The van der Waals surface area contributed by atoms with E-state index in [1.54, 1.807) is 11.8 Å². The Hall–Kier alpha value is -3.28.